The maximum Gasteiger partial charge on any atom is 0.411 e. The second kappa shape index (κ2) is 6.92. The highest BCUT2D eigenvalue weighted by molar-refractivity contribution is 5.68. The molecule has 5 heteroatoms. The fourth-order valence-corrected chi connectivity index (χ4v) is 0.788. The molecular weight excluding hydrogens is 184 g/mol. The molecule has 0 saturated carbocycles. The molecule has 14 heavy (non-hydrogen) atoms. The van der Waals surface area contributed by atoms with E-state index in [-0.39, 0.29) is 19.8 Å². The van der Waals surface area contributed by atoms with Crippen molar-refractivity contribution in [2.24, 2.45) is 0 Å². The van der Waals surface area contributed by atoms with Crippen LogP contribution in [0.25, 0.3) is 0 Å². The summed E-state index contributed by atoms with van der Waals surface area (Å²) >= 11 is 0. The van der Waals surface area contributed by atoms with E-state index in [4.69, 9.17) is 15.1 Å². The maximum atomic E-state index is 11.3. The number of amides is 1. The summed E-state index contributed by atoms with van der Waals surface area (Å²) in [6, 6.07) is 1.40. The molecule has 0 aliphatic heterocycles. The van der Waals surface area contributed by atoms with Crippen molar-refractivity contribution in [1.82, 2.24) is 4.90 Å². The smallest absolute Gasteiger partial charge is 0.411 e. The number of carbonyl (C=O) groups is 1. The molecule has 1 amide bonds. The summed E-state index contributed by atoms with van der Waals surface area (Å²) < 4.78 is 4.74. The van der Waals surface area contributed by atoms with Crippen LogP contribution >= 0.6 is 0 Å². The van der Waals surface area contributed by atoms with Gasteiger partial charge in [-0.3, -0.25) is 4.90 Å². The normalized spacial score (nSPS) is 11.2. The number of rotatable bonds is 5. The summed E-state index contributed by atoms with van der Waals surface area (Å²) in [5.74, 6) is 0. The van der Waals surface area contributed by atoms with Crippen LogP contribution in [-0.2, 0) is 4.74 Å². The lowest BCUT2D eigenvalue weighted by atomic mass is 10.3. The predicted molar refractivity (Wildman–Crippen MR) is 50.4 cm³/mol. The number of ether oxygens (including phenoxy) is 1. The van der Waals surface area contributed by atoms with Crippen molar-refractivity contribution in [3.05, 3.63) is 12.7 Å². The molecule has 1 N–H and O–H groups in total. The third kappa shape index (κ3) is 3.92. The third-order valence-electron chi connectivity index (χ3n) is 1.60. The molecule has 0 aliphatic rings. The number of aliphatic hydroxyl groups is 1. The summed E-state index contributed by atoms with van der Waals surface area (Å²) in [5, 5.41) is 17.3. The van der Waals surface area contributed by atoms with Gasteiger partial charge in [0.15, 0.2) is 0 Å². The number of hydrogen-bond acceptors (Lipinski definition) is 4. The fraction of sp³-hybridized carbons (Fsp3) is 0.556. The van der Waals surface area contributed by atoms with Gasteiger partial charge in [0.05, 0.1) is 18.7 Å². The van der Waals surface area contributed by atoms with E-state index >= 15 is 0 Å². The minimum Gasteiger partial charge on any atom is -0.445 e. The van der Waals surface area contributed by atoms with Crippen LogP contribution in [0.5, 0.6) is 0 Å². The number of nitrogens with zero attached hydrogens (tertiary/aromatic N) is 2. The Balaban J connectivity index is 4.26. The first-order valence-electron chi connectivity index (χ1n) is 4.19. The first kappa shape index (κ1) is 12.5. The lowest BCUT2D eigenvalue weighted by Gasteiger charge is -2.23. The fourth-order valence-electron chi connectivity index (χ4n) is 0.788. The molecule has 0 spiro atoms. The average molecular weight is 198 g/mol. The van der Waals surface area contributed by atoms with Crippen LogP contribution in [0, 0.1) is 11.3 Å². The molecular formula is C9H14N2O3. The lowest BCUT2D eigenvalue weighted by molar-refractivity contribution is 0.0872. The Hall–Kier alpha value is -1.54. The van der Waals surface area contributed by atoms with E-state index in [9.17, 15) is 4.79 Å². The van der Waals surface area contributed by atoms with Gasteiger partial charge in [-0.25, -0.2) is 4.79 Å². The molecule has 0 fully saturated rings. The van der Waals surface area contributed by atoms with Crippen LogP contribution in [0.15, 0.2) is 12.7 Å². The van der Waals surface area contributed by atoms with Gasteiger partial charge in [0.25, 0.3) is 0 Å². The zero-order valence-electron chi connectivity index (χ0n) is 8.14. The van der Waals surface area contributed by atoms with E-state index in [1.54, 1.807) is 6.92 Å². The van der Waals surface area contributed by atoms with Gasteiger partial charge in [0.1, 0.15) is 13.2 Å². The van der Waals surface area contributed by atoms with Crippen molar-refractivity contribution in [1.29, 1.82) is 5.26 Å². The Labute approximate surface area is 83.2 Å². The van der Waals surface area contributed by atoms with Crippen molar-refractivity contribution >= 4 is 6.09 Å². The zero-order valence-corrected chi connectivity index (χ0v) is 8.14. The molecule has 5 nitrogen and oxygen atoms in total. The van der Waals surface area contributed by atoms with E-state index in [1.165, 1.54) is 6.08 Å². The third-order valence-corrected chi connectivity index (χ3v) is 1.60. The highest BCUT2D eigenvalue weighted by Crippen LogP contribution is 2.01. The summed E-state index contributed by atoms with van der Waals surface area (Å²) in [6.45, 7) is 4.82. The molecule has 78 valence electrons. The van der Waals surface area contributed by atoms with Gasteiger partial charge in [0, 0.05) is 0 Å². The largest absolute Gasteiger partial charge is 0.445 e. The molecule has 0 aromatic heterocycles. The van der Waals surface area contributed by atoms with Crippen molar-refractivity contribution in [2.45, 2.75) is 13.0 Å². The molecule has 1 atom stereocenters. The van der Waals surface area contributed by atoms with Gasteiger partial charge in [-0.2, -0.15) is 5.26 Å². The minimum absolute atomic E-state index is 0.0961. The van der Waals surface area contributed by atoms with Crippen molar-refractivity contribution in [2.75, 3.05) is 19.8 Å². The molecule has 0 rings (SSSR count). The quantitative estimate of drug-likeness (QED) is 0.516. The monoisotopic (exact) mass is 198 g/mol. The number of carbonyl (C=O) groups excluding carboxylic acids is 1. The Kier molecular flexibility index (Phi) is 6.16. The minimum atomic E-state index is -0.618. The molecule has 0 unspecified atom stereocenters. The second-order valence-corrected chi connectivity index (χ2v) is 2.68. The van der Waals surface area contributed by atoms with Crippen LogP contribution in [0.1, 0.15) is 6.92 Å². The first-order valence-corrected chi connectivity index (χ1v) is 4.19. The number of nitriles is 1. The maximum absolute atomic E-state index is 11.3. The Bertz CT molecular complexity index is 235. The van der Waals surface area contributed by atoms with Gasteiger partial charge in [-0.05, 0) is 6.92 Å². The van der Waals surface area contributed by atoms with E-state index in [2.05, 4.69) is 6.58 Å². The SMILES string of the molecule is C=CCOC(=O)N(CC#N)[C@H](C)CO. The number of aliphatic hydroxyl groups excluding tert-OH is 1. The molecule has 0 saturated heterocycles. The summed E-state index contributed by atoms with van der Waals surface area (Å²) in [4.78, 5) is 12.4. The predicted octanol–water partition coefficient (Wildman–Crippen LogP) is 0.515. The van der Waals surface area contributed by atoms with Crippen LogP contribution in [0.4, 0.5) is 4.79 Å². The molecule has 0 aromatic carbocycles. The van der Waals surface area contributed by atoms with Crippen LogP contribution in [0.2, 0.25) is 0 Å². The van der Waals surface area contributed by atoms with Crippen molar-refractivity contribution in [3.63, 3.8) is 0 Å². The Morgan fingerprint density at radius 1 is 1.86 bits per heavy atom. The van der Waals surface area contributed by atoms with Gasteiger partial charge in [-0.1, -0.05) is 12.7 Å². The topological polar surface area (TPSA) is 73.6 Å². The molecule has 0 radical (unpaired) electrons. The first-order chi connectivity index (χ1) is 6.67. The van der Waals surface area contributed by atoms with Gasteiger partial charge < -0.3 is 9.84 Å². The van der Waals surface area contributed by atoms with E-state index in [0.29, 0.717) is 0 Å². The Morgan fingerprint density at radius 3 is 2.93 bits per heavy atom. The van der Waals surface area contributed by atoms with Crippen molar-refractivity contribution in [3.8, 4) is 6.07 Å². The lowest BCUT2D eigenvalue weighted by Crippen LogP contribution is -2.41. The zero-order chi connectivity index (χ0) is 11.0. The van der Waals surface area contributed by atoms with E-state index < -0.39 is 12.1 Å². The van der Waals surface area contributed by atoms with Crippen LogP contribution in [0.3, 0.4) is 0 Å². The highest BCUT2D eigenvalue weighted by atomic mass is 16.6. The molecule has 0 heterocycles. The number of hydrogen-bond donors (Lipinski definition) is 1. The summed E-state index contributed by atoms with van der Waals surface area (Å²) in [5.41, 5.74) is 0. The standard InChI is InChI=1S/C9H14N2O3/c1-3-6-14-9(13)11(5-4-10)8(2)7-12/h3,8,12H,1,5-7H2,2H3/t8-/m1/s1. The van der Waals surface area contributed by atoms with Gasteiger partial charge in [-0.15, -0.1) is 0 Å². The summed E-state index contributed by atoms with van der Waals surface area (Å²) in [6.07, 6.45) is 0.819. The van der Waals surface area contributed by atoms with Crippen LogP contribution < -0.4 is 0 Å². The van der Waals surface area contributed by atoms with Gasteiger partial charge >= 0.3 is 6.09 Å². The molecule has 0 aliphatic carbocycles. The second-order valence-electron chi connectivity index (χ2n) is 2.68. The Morgan fingerprint density at radius 2 is 2.50 bits per heavy atom. The summed E-state index contributed by atoms with van der Waals surface area (Å²) in [7, 11) is 0. The van der Waals surface area contributed by atoms with Crippen LogP contribution in [-0.4, -0.2) is 41.9 Å². The van der Waals surface area contributed by atoms with E-state index in [0.717, 1.165) is 4.90 Å². The van der Waals surface area contributed by atoms with Gasteiger partial charge in [0.2, 0.25) is 0 Å². The van der Waals surface area contributed by atoms with Crippen molar-refractivity contribution < 1.29 is 14.6 Å². The average Bonchev–Trinajstić information content (AvgIpc) is 2.21. The highest BCUT2D eigenvalue weighted by Gasteiger charge is 2.19. The van der Waals surface area contributed by atoms with E-state index in [1.807, 2.05) is 6.07 Å². The molecule has 0 aromatic rings. The molecule has 0 bridgehead atoms.